The Morgan fingerprint density at radius 3 is 2.89 bits per heavy atom. The maximum atomic E-state index is 10.8. The van der Waals surface area contributed by atoms with E-state index in [0.29, 0.717) is 13.1 Å². The molecule has 1 unspecified atom stereocenters. The van der Waals surface area contributed by atoms with Crippen molar-refractivity contribution >= 4 is 5.97 Å². The summed E-state index contributed by atoms with van der Waals surface area (Å²) < 4.78 is 10.5. The third-order valence-electron chi connectivity index (χ3n) is 2.90. The quantitative estimate of drug-likeness (QED) is 0.860. The minimum Gasteiger partial charge on any atom is -0.481 e. The van der Waals surface area contributed by atoms with Gasteiger partial charge in [-0.2, -0.15) is 0 Å². The predicted octanol–water partition coefficient (Wildman–Crippen LogP) is 1.57. The zero-order valence-corrected chi connectivity index (χ0v) is 10.5. The van der Waals surface area contributed by atoms with E-state index >= 15 is 0 Å². The molecular weight excluding hydrogens is 234 g/mol. The Kier molecular flexibility index (Phi) is 3.72. The summed E-state index contributed by atoms with van der Waals surface area (Å²) in [5, 5.41) is 8.86. The van der Waals surface area contributed by atoms with Gasteiger partial charge in [0.25, 0.3) is 0 Å². The summed E-state index contributed by atoms with van der Waals surface area (Å²) in [7, 11) is 1.91. The Balaban J connectivity index is 1.95. The van der Waals surface area contributed by atoms with Crippen LogP contribution >= 0.6 is 0 Å². The monoisotopic (exact) mass is 251 g/mol. The van der Waals surface area contributed by atoms with Gasteiger partial charge in [-0.15, -0.1) is 0 Å². The molecule has 1 aromatic carbocycles. The van der Waals surface area contributed by atoms with Gasteiger partial charge < -0.3 is 19.5 Å². The second-order valence-corrected chi connectivity index (χ2v) is 4.62. The Morgan fingerprint density at radius 1 is 1.44 bits per heavy atom. The van der Waals surface area contributed by atoms with Gasteiger partial charge in [0.15, 0.2) is 11.5 Å². The summed E-state index contributed by atoms with van der Waals surface area (Å²) in [5.41, 5.74) is 1.08. The van der Waals surface area contributed by atoms with Gasteiger partial charge in [-0.25, -0.2) is 0 Å². The van der Waals surface area contributed by atoms with Crippen LogP contribution in [0, 0.1) is 5.92 Å². The van der Waals surface area contributed by atoms with Gasteiger partial charge in [0.1, 0.15) is 0 Å². The lowest BCUT2D eigenvalue weighted by molar-refractivity contribution is -0.141. The van der Waals surface area contributed by atoms with E-state index in [-0.39, 0.29) is 12.7 Å². The Bertz CT molecular complexity index is 447. The lowest BCUT2D eigenvalue weighted by atomic mass is 10.1. The molecule has 0 fully saturated rings. The van der Waals surface area contributed by atoms with Crippen LogP contribution in [0.5, 0.6) is 11.5 Å². The summed E-state index contributed by atoms with van der Waals surface area (Å²) in [6.07, 6.45) is 0. The first-order valence-corrected chi connectivity index (χ1v) is 5.86. The van der Waals surface area contributed by atoms with Crippen LogP contribution in [0.15, 0.2) is 18.2 Å². The molecule has 0 amide bonds. The summed E-state index contributed by atoms with van der Waals surface area (Å²) in [5.74, 6) is 0.379. The van der Waals surface area contributed by atoms with Crippen LogP contribution in [-0.4, -0.2) is 36.4 Å². The van der Waals surface area contributed by atoms with E-state index in [9.17, 15) is 4.79 Å². The molecule has 0 spiro atoms. The fourth-order valence-corrected chi connectivity index (χ4v) is 1.96. The lowest BCUT2D eigenvalue weighted by Gasteiger charge is -2.19. The molecule has 1 aromatic rings. The van der Waals surface area contributed by atoms with E-state index in [1.807, 2.05) is 30.1 Å². The number of benzene rings is 1. The van der Waals surface area contributed by atoms with E-state index in [1.165, 1.54) is 0 Å². The van der Waals surface area contributed by atoms with E-state index in [1.54, 1.807) is 6.92 Å². The molecule has 0 aliphatic carbocycles. The van der Waals surface area contributed by atoms with Gasteiger partial charge in [-0.1, -0.05) is 13.0 Å². The second kappa shape index (κ2) is 5.27. The zero-order chi connectivity index (χ0) is 13.1. The predicted molar refractivity (Wildman–Crippen MR) is 65.7 cm³/mol. The van der Waals surface area contributed by atoms with Crippen molar-refractivity contribution in [1.29, 1.82) is 0 Å². The number of carboxylic acids is 1. The minimum absolute atomic E-state index is 0.269. The summed E-state index contributed by atoms with van der Waals surface area (Å²) in [6.45, 7) is 3.18. The molecule has 2 rings (SSSR count). The highest BCUT2D eigenvalue weighted by atomic mass is 16.7. The van der Waals surface area contributed by atoms with Crippen LogP contribution < -0.4 is 9.47 Å². The molecule has 0 bridgehead atoms. The first kappa shape index (κ1) is 12.7. The van der Waals surface area contributed by atoms with Crippen molar-refractivity contribution in [1.82, 2.24) is 4.90 Å². The summed E-state index contributed by atoms with van der Waals surface area (Å²) in [4.78, 5) is 12.8. The molecule has 1 N–H and O–H groups in total. The first-order valence-electron chi connectivity index (χ1n) is 5.86. The van der Waals surface area contributed by atoms with Crippen molar-refractivity contribution in [3.63, 3.8) is 0 Å². The maximum Gasteiger partial charge on any atom is 0.307 e. The van der Waals surface area contributed by atoms with Crippen molar-refractivity contribution in [2.45, 2.75) is 13.5 Å². The molecular formula is C13H17NO4. The van der Waals surface area contributed by atoms with Crippen LogP contribution in [0.2, 0.25) is 0 Å². The smallest absolute Gasteiger partial charge is 0.307 e. The largest absolute Gasteiger partial charge is 0.481 e. The number of nitrogens with zero attached hydrogens (tertiary/aromatic N) is 1. The molecule has 5 heteroatoms. The normalized spacial score (nSPS) is 14.8. The minimum atomic E-state index is -0.771. The van der Waals surface area contributed by atoms with Crippen molar-refractivity contribution in [3.05, 3.63) is 23.8 Å². The fraction of sp³-hybridized carbons (Fsp3) is 0.462. The zero-order valence-electron chi connectivity index (χ0n) is 10.5. The van der Waals surface area contributed by atoms with Crippen LogP contribution in [0.25, 0.3) is 0 Å². The standard InChI is InChI=1S/C13H17NO4/c1-9(13(15)16)6-14(2)7-10-3-4-11-12(5-10)18-8-17-11/h3-5,9H,6-8H2,1-2H3,(H,15,16). The molecule has 0 aromatic heterocycles. The first-order chi connectivity index (χ1) is 8.56. The number of ether oxygens (including phenoxy) is 2. The molecule has 0 saturated heterocycles. The Morgan fingerprint density at radius 2 is 2.17 bits per heavy atom. The highest BCUT2D eigenvalue weighted by Crippen LogP contribution is 2.32. The molecule has 1 atom stereocenters. The summed E-state index contributed by atoms with van der Waals surface area (Å²) >= 11 is 0. The Hall–Kier alpha value is -1.75. The van der Waals surface area contributed by atoms with Gasteiger partial charge in [-0.05, 0) is 24.7 Å². The molecule has 98 valence electrons. The number of carbonyl (C=O) groups is 1. The highest BCUT2D eigenvalue weighted by Gasteiger charge is 2.16. The Labute approximate surface area is 106 Å². The van der Waals surface area contributed by atoms with E-state index in [2.05, 4.69) is 0 Å². The average Bonchev–Trinajstić information content (AvgIpc) is 2.75. The van der Waals surface area contributed by atoms with Gasteiger partial charge in [0.2, 0.25) is 6.79 Å². The van der Waals surface area contributed by atoms with Crippen molar-refractivity contribution in [3.8, 4) is 11.5 Å². The molecule has 5 nitrogen and oxygen atoms in total. The molecule has 0 radical (unpaired) electrons. The molecule has 1 heterocycles. The van der Waals surface area contributed by atoms with Gasteiger partial charge >= 0.3 is 5.97 Å². The third kappa shape index (κ3) is 2.92. The highest BCUT2D eigenvalue weighted by molar-refractivity contribution is 5.69. The number of hydrogen-bond donors (Lipinski definition) is 1. The van der Waals surface area contributed by atoms with Crippen LogP contribution in [0.3, 0.4) is 0 Å². The summed E-state index contributed by atoms with van der Waals surface area (Å²) in [6, 6.07) is 5.78. The second-order valence-electron chi connectivity index (χ2n) is 4.62. The number of aliphatic carboxylic acids is 1. The van der Waals surface area contributed by atoms with Gasteiger partial charge in [-0.3, -0.25) is 4.79 Å². The molecule has 18 heavy (non-hydrogen) atoms. The SMILES string of the molecule is CC(CN(C)Cc1ccc2c(c1)OCO2)C(=O)O. The topological polar surface area (TPSA) is 59.0 Å². The van der Waals surface area contributed by atoms with Crippen LogP contribution in [0.1, 0.15) is 12.5 Å². The van der Waals surface area contributed by atoms with E-state index < -0.39 is 5.97 Å². The number of rotatable bonds is 5. The van der Waals surface area contributed by atoms with Crippen molar-refractivity contribution in [2.75, 3.05) is 20.4 Å². The van der Waals surface area contributed by atoms with Crippen molar-refractivity contribution < 1.29 is 19.4 Å². The average molecular weight is 251 g/mol. The van der Waals surface area contributed by atoms with Gasteiger partial charge in [0.05, 0.1) is 5.92 Å². The fourth-order valence-electron chi connectivity index (χ4n) is 1.96. The number of carboxylic acid groups (broad SMARTS) is 1. The van der Waals surface area contributed by atoms with Gasteiger partial charge in [0, 0.05) is 13.1 Å². The van der Waals surface area contributed by atoms with E-state index in [4.69, 9.17) is 14.6 Å². The van der Waals surface area contributed by atoms with E-state index in [0.717, 1.165) is 17.1 Å². The molecule has 1 aliphatic heterocycles. The third-order valence-corrected chi connectivity index (χ3v) is 2.90. The van der Waals surface area contributed by atoms with Crippen LogP contribution in [0.4, 0.5) is 0 Å². The lowest BCUT2D eigenvalue weighted by Crippen LogP contribution is -2.28. The molecule has 1 aliphatic rings. The molecule has 0 saturated carbocycles. The van der Waals surface area contributed by atoms with Crippen LogP contribution in [-0.2, 0) is 11.3 Å². The van der Waals surface area contributed by atoms with Crippen molar-refractivity contribution in [2.24, 2.45) is 5.92 Å². The number of fused-ring (bicyclic) bond motifs is 1. The number of hydrogen-bond acceptors (Lipinski definition) is 4. The maximum absolute atomic E-state index is 10.8.